The van der Waals surface area contributed by atoms with E-state index < -0.39 is 23.9 Å². The summed E-state index contributed by atoms with van der Waals surface area (Å²) in [4.78, 5) is 39.9. The number of amides is 3. The number of carbonyl (C=O) groups excluding carboxylic acids is 2. The smallest absolute Gasteiger partial charge is 0.475 e. The van der Waals surface area contributed by atoms with E-state index in [2.05, 4.69) is 15.6 Å². The lowest BCUT2D eigenvalue weighted by Crippen LogP contribution is -2.55. The number of halogens is 3. The number of fused-ring (bicyclic) bond motifs is 2. The minimum atomic E-state index is -5.08. The lowest BCUT2D eigenvalue weighted by molar-refractivity contribution is -0.192. The fourth-order valence-corrected chi connectivity index (χ4v) is 3.99. The fraction of sp³-hybridized carbons (Fsp3) is 0.455. The summed E-state index contributed by atoms with van der Waals surface area (Å²) in [5.41, 5.74) is 0.435. The molecule has 1 unspecified atom stereocenters. The number of ether oxygens (including phenoxy) is 1. The van der Waals surface area contributed by atoms with Crippen LogP contribution in [0.2, 0.25) is 0 Å². The second kappa shape index (κ2) is 10.8. The second-order valence-corrected chi connectivity index (χ2v) is 8.05. The highest BCUT2D eigenvalue weighted by Gasteiger charge is 2.47. The number of rotatable bonds is 3. The third-order valence-electron chi connectivity index (χ3n) is 5.78. The molecule has 2 aliphatic rings. The number of benzene rings is 1. The molecule has 1 spiro atoms. The van der Waals surface area contributed by atoms with Gasteiger partial charge in [0.2, 0.25) is 0 Å². The van der Waals surface area contributed by atoms with Crippen LogP contribution in [0.15, 0.2) is 42.7 Å². The van der Waals surface area contributed by atoms with Crippen LogP contribution in [0.25, 0.3) is 0 Å². The number of carboxylic acid groups (broad SMARTS) is 1. The van der Waals surface area contributed by atoms with E-state index in [-0.39, 0.29) is 11.9 Å². The molecule has 1 saturated heterocycles. The van der Waals surface area contributed by atoms with Crippen LogP contribution < -0.4 is 10.6 Å². The van der Waals surface area contributed by atoms with Crippen molar-refractivity contribution in [3.05, 3.63) is 54.1 Å². The van der Waals surface area contributed by atoms with Gasteiger partial charge in [-0.2, -0.15) is 13.2 Å². The number of nitrogens with one attached hydrogen (secondary N) is 2. The summed E-state index contributed by atoms with van der Waals surface area (Å²) in [5, 5.41) is 12.8. The molecule has 190 valence electrons. The van der Waals surface area contributed by atoms with E-state index in [4.69, 9.17) is 14.6 Å². The first-order valence-corrected chi connectivity index (χ1v) is 10.8. The summed E-state index contributed by atoms with van der Waals surface area (Å²) in [6, 6.07) is 9.76. The molecule has 2 aliphatic heterocycles. The van der Waals surface area contributed by atoms with Gasteiger partial charge in [-0.1, -0.05) is 30.3 Å². The molecule has 0 aliphatic carbocycles. The Bertz CT molecular complexity index is 1040. The first kappa shape index (κ1) is 26.0. The van der Waals surface area contributed by atoms with E-state index in [1.54, 1.807) is 18.1 Å². The monoisotopic (exact) mass is 497 g/mol. The summed E-state index contributed by atoms with van der Waals surface area (Å²) >= 11 is 0. The van der Waals surface area contributed by atoms with Gasteiger partial charge in [0.05, 0.1) is 6.54 Å². The summed E-state index contributed by atoms with van der Waals surface area (Å²) in [6.07, 6.45) is -0.794. The number of nitrogens with zero attached hydrogens (tertiary/aromatic N) is 3. The predicted molar refractivity (Wildman–Crippen MR) is 116 cm³/mol. The van der Waals surface area contributed by atoms with Gasteiger partial charge >= 0.3 is 18.2 Å². The van der Waals surface area contributed by atoms with Crippen LogP contribution in [-0.2, 0) is 33.0 Å². The number of carbonyl (C=O) groups is 3. The van der Waals surface area contributed by atoms with Crippen LogP contribution in [0.3, 0.4) is 0 Å². The number of aliphatic carboxylic acids is 1. The standard InChI is InChI=1S/C20H25N5O3.C2HF3O2/c1-21-17(26)16-14-25-12-9-22-18(25)20(28-16)7-10-24(11-8-20)19(27)23-13-15-5-3-2-4-6-15;3-2(4,5)1(6)7/h2-6,9,12,16H,7-8,10-11,13-14H2,1H3,(H,21,26)(H,23,27);(H,6,7). The summed E-state index contributed by atoms with van der Waals surface area (Å²) in [5.74, 6) is -2.05. The van der Waals surface area contributed by atoms with E-state index in [1.807, 2.05) is 41.1 Å². The Labute approximate surface area is 199 Å². The lowest BCUT2D eigenvalue weighted by Gasteiger charge is -2.45. The van der Waals surface area contributed by atoms with Gasteiger partial charge in [-0.3, -0.25) is 4.79 Å². The highest BCUT2D eigenvalue weighted by Crippen LogP contribution is 2.40. The molecule has 0 radical (unpaired) electrons. The number of likely N-dealkylation sites (tertiary alicyclic amines) is 1. The average Bonchev–Trinajstić information content (AvgIpc) is 3.33. The van der Waals surface area contributed by atoms with Crippen LogP contribution in [0.4, 0.5) is 18.0 Å². The van der Waals surface area contributed by atoms with Crippen molar-refractivity contribution < 1.29 is 37.4 Å². The summed E-state index contributed by atoms with van der Waals surface area (Å²) < 4.78 is 40.0. The number of alkyl halides is 3. The van der Waals surface area contributed by atoms with Crippen molar-refractivity contribution in [1.29, 1.82) is 0 Å². The average molecular weight is 497 g/mol. The Morgan fingerprint density at radius 3 is 2.40 bits per heavy atom. The third-order valence-corrected chi connectivity index (χ3v) is 5.78. The zero-order chi connectivity index (χ0) is 25.6. The van der Waals surface area contributed by atoms with Crippen LogP contribution in [0.5, 0.6) is 0 Å². The molecule has 10 nitrogen and oxygen atoms in total. The van der Waals surface area contributed by atoms with E-state index in [0.29, 0.717) is 39.0 Å². The molecule has 1 aromatic carbocycles. The van der Waals surface area contributed by atoms with Gasteiger partial charge in [-0.25, -0.2) is 14.6 Å². The molecule has 0 bridgehead atoms. The van der Waals surface area contributed by atoms with Crippen LogP contribution in [0, 0.1) is 0 Å². The van der Waals surface area contributed by atoms with E-state index in [1.165, 1.54) is 0 Å². The molecule has 3 heterocycles. The number of aromatic nitrogens is 2. The first-order valence-electron chi connectivity index (χ1n) is 10.8. The van der Waals surface area contributed by atoms with Gasteiger partial charge in [-0.05, 0) is 5.56 Å². The van der Waals surface area contributed by atoms with Crippen molar-refractivity contribution in [3.8, 4) is 0 Å². The normalized spacial score (nSPS) is 18.6. The highest BCUT2D eigenvalue weighted by atomic mass is 19.4. The number of urea groups is 1. The third kappa shape index (κ3) is 6.29. The number of imidazole rings is 1. The van der Waals surface area contributed by atoms with Gasteiger partial charge in [0.1, 0.15) is 11.4 Å². The molecule has 0 saturated carbocycles. The number of carboxylic acids is 1. The summed E-state index contributed by atoms with van der Waals surface area (Å²) in [6.45, 7) is 2.06. The maximum atomic E-state index is 12.5. The minimum Gasteiger partial charge on any atom is -0.475 e. The zero-order valence-electron chi connectivity index (χ0n) is 18.9. The number of likely N-dealkylation sites (N-methyl/N-ethyl adjacent to an activating group) is 1. The molecular formula is C22H26F3N5O5. The molecule has 1 aromatic heterocycles. The molecule has 1 fully saturated rings. The lowest BCUT2D eigenvalue weighted by atomic mass is 9.88. The Hall–Kier alpha value is -3.61. The van der Waals surface area contributed by atoms with Crippen molar-refractivity contribution in [2.24, 2.45) is 0 Å². The molecule has 3 N–H and O–H groups in total. The molecule has 3 amide bonds. The molecule has 4 rings (SSSR count). The molecule has 13 heteroatoms. The first-order chi connectivity index (χ1) is 16.6. The molecular weight excluding hydrogens is 471 g/mol. The quantitative estimate of drug-likeness (QED) is 0.595. The van der Waals surface area contributed by atoms with Crippen molar-refractivity contribution in [3.63, 3.8) is 0 Å². The Balaban J connectivity index is 0.000000429. The maximum absolute atomic E-state index is 12.5. The SMILES string of the molecule is CNC(=O)C1Cn2ccnc2C2(CCN(C(=O)NCc3ccccc3)CC2)O1.O=C(O)C(F)(F)F. The van der Waals surface area contributed by atoms with Gasteiger partial charge in [-0.15, -0.1) is 0 Å². The minimum absolute atomic E-state index is 0.0827. The highest BCUT2D eigenvalue weighted by molar-refractivity contribution is 5.80. The fourth-order valence-electron chi connectivity index (χ4n) is 3.99. The van der Waals surface area contributed by atoms with Crippen LogP contribution in [0.1, 0.15) is 24.2 Å². The van der Waals surface area contributed by atoms with Gasteiger partial charge < -0.3 is 29.9 Å². The van der Waals surface area contributed by atoms with E-state index in [9.17, 15) is 22.8 Å². The molecule has 1 atom stereocenters. The number of hydrogen-bond acceptors (Lipinski definition) is 5. The van der Waals surface area contributed by atoms with Crippen molar-refractivity contribution in [1.82, 2.24) is 25.1 Å². The zero-order valence-corrected chi connectivity index (χ0v) is 18.9. The Kier molecular flexibility index (Phi) is 7.99. The van der Waals surface area contributed by atoms with Crippen LogP contribution in [-0.4, -0.2) is 69.9 Å². The molecule has 2 aromatic rings. The van der Waals surface area contributed by atoms with E-state index >= 15 is 0 Å². The van der Waals surface area contributed by atoms with Gasteiger partial charge in [0, 0.05) is 51.9 Å². The van der Waals surface area contributed by atoms with Gasteiger partial charge in [0.15, 0.2) is 6.10 Å². The number of hydrogen-bond donors (Lipinski definition) is 3. The van der Waals surface area contributed by atoms with Crippen molar-refractivity contribution >= 4 is 17.9 Å². The second-order valence-electron chi connectivity index (χ2n) is 8.05. The summed E-state index contributed by atoms with van der Waals surface area (Å²) in [7, 11) is 1.61. The Morgan fingerprint density at radius 1 is 1.20 bits per heavy atom. The predicted octanol–water partition coefficient (Wildman–Crippen LogP) is 1.86. The van der Waals surface area contributed by atoms with Crippen molar-refractivity contribution in [2.45, 2.75) is 43.8 Å². The van der Waals surface area contributed by atoms with Gasteiger partial charge in [0.25, 0.3) is 5.91 Å². The van der Waals surface area contributed by atoms with E-state index in [0.717, 1.165) is 11.4 Å². The maximum Gasteiger partial charge on any atom is 0.490 e. The Morgan fingerprint density at radius 2 is 1.83 bits per heavy atom. The number of piperidine rings is 1. The van der Waals surface area contributed by atoms with Crippen LogP contribution >= 0.6 is 0 Å². The molecule has 35 heavy (non-hydrogen) atoms. The van der Waals surface area contributed by atoms with Crippen molar-refractivity contribution in [2.75, 3.05) is 20.1 Å². The largest absolute Gasteiger partial charge is 0.490 e. The topological polar surface area (TPSA) is 126 Å².